The molecule has 7 heteroatoms. The molecule has 29 heavy (non-hydrogen) atoms. The molecule has 0 atom stereocenters. The maximum Gasteiger partial charge on any atom is 0.238 e. The maximum atomic E-state index is 12.5. The zero-order valence-electron chi connectivity index (χ0n) is 16.5. The monoisotopic (exact) mass is 412 g/mol. The number of anilines is 1. The summed E-state index contributed by atoms with van der Waals surface area (Å²) in [6.07, 6.45) is 4.07. The minimum atomic E-state index is -0.0513. The topological polar surface area (TPSA) is 59.4 Å². The van der Waals surface area contributed by atoms with Gasteiger partial charge in [0.25, 0.3) is 0 Å². The van der Waals surface area contributed by atoms with E-state index >= 15 is 0 Å². The van der Waals surface area contributed by atoms with E-state index < -0.39 is 0 Å². The van der Waals surface area contributed by atoms with Crippen molar-refractivity contribution in [2.75, 3.05) is 32.1 Å². The normalized spacial score (nSPS) is 15.5. The van der Waals surface area contributed by atoms with Crippen LogP contribution in [0.2, 0.25) is 5.02 Å². The molecule has 0 unspecified atom stereocenters. The van der Waals surface area contributed by atoms with Gasteiger partial charge < -0.3 is 14.6 Å². The van der Waals surface area contributed by atoms with Gasteiger partial charge in [0.05, 0.1) is 36.7 Å². The Kier molecular flexibility index (Phi) is 6.02. The van der Waals surface area contributed by atoms with Crippen molar-refractivity contribution in [2.45, 2.75) is 19.4 Å². The fourth-order valence-corrected chi connectivity index (χ4v) is 4.10. The number of carbonyl (C=O) groups excluding carboxylic acids is 1. The van der Waals surface area contributed by atoms with Crippen molar-refractivity contribution in [2.24, 2.45) is 5.92 Å². The van der Waals surface area contributed by atoms with Crippen LogP contribution in [0.4, 0.5) is 5.69 Å². The second kappa shape index (κ2) is 8.84. The SMILES string of the molecule is COc1ccc(Cl)cc1NC(=O)CN1CCC(Cn2cnc3ccccc32)CC1. The first-order valence-electron chi connectivity index (χ1n) is 9.88. The Labute approximate surface area is 175 Å². The summed E-state index contributed by atoms with van der Waals surface area (Å²) in [5.74, 6) is 1.15. The van der Waals surface area contributed by atoms with Crippen LogP contribution in [0.5, 0.6) is 5.75 Å². The van der Waals surface area contributed by atoms with Gasteiger partial charge in [0.15, 0.2) is 0 Å². The van der Waals surface area contributed by atoms with Crippen LogP contribution in [-0.2, 0) is 11.3 Å². The standard InChI is InChI=1S/C22H25ClN4O2/c1-29-21-7-6-17(23)12-19(21)25-22(28)14-26-10-8-16(9-11-26)13-27-15-24-18-4-2-3-5-20(18)27/h2-7,12,15-16H,8-11,13-14H2,1H3,(H,25,28). The molecule has 1 aromatic heterocycles. The predicted octanol–water partition coefficient (Wildman–Crippen LogP) is 4.05. The Hall–Kier alpha value is -2.57. The van der Waals surface area contributed by atoms with Gasteiger partial charge in [-0.1, -0.05) is 23.7 Å². The van der Waals surface area contributed by atoms with Gasteiger partial charge in [-0.3, -0.25) is 9.69 Å². The lowest BCUT2D eigenvalue weighted by Crippen LogP contribution is -2.40. The third-order valence-electron chi connectivity index (χ3n) is 5.49. The van der Waals surface area contributed by atoms with Gasteiger partial charge in [-0.15, -0.1) is 0 Å². The Balaban J connectivity index is 1.29. The molecular formula is C22H25ClN4O2. The number of benzene rings is 2. The minimum absolute atomic E-state index is 0.0513. The van der Waals surface area contributed by atoms with Gasteiger partial charge in [0, 0.05) is 11.6 Å². The summed E-state index contributed by atoms with van der Waals surface area (Å²) in [4.78, 5) is 19.2. The van der Waals surface area contributed by atoms with E-state index in [1.165, 1.54) is 5.52 Å². The number of amides is 1. The first kappa shape index (κ1) is 19.7. The van der Waals surface area contributed by atoms with Crippen molar-refractivity contribution in [1.29, 1.82) is 0 Å². The Bertz CT molecular complexity index is 995. The zero-order valence-corrected chi connectivity index (χ0v) is 17.2. The molecule has 152 valence electrons. The van der Waals surface area contributed by atoms with Crippen LogP contribution in [0, 0.1) is 5.92 Å². The van der Waals surface area contributed by atoms with Crippen LogP contribution < -0.4 is 10.1 Å². The second-order valence-corrected chi connectivity index (χ2v) is 7.93. The molecule has 3 aromatic rings. The van der Waals surface area contributed by atoms with Crippen molar-refractivity contribution < 1.29 is 9.53 Å². The van der Waals surface area contributed by atoms with Crippen molar-refractivity contribution in [3.8, 4) is 5.75 Å². The number of fused-ring (bicyclic) bond motifs is 1. The number of ether oxygens (including phenoxy) is 1. The van der Waals surface area contributed by atoms with Crippen molar-refractivity contribution in [1.82, 2.24) is 14.5 Å². The number of rotatable bonds is 6. The molecule has 4 rings (SSSR count). The quantitative estimate of drug-likeness (QED) is 0.663. The number of piperidine rings is 1. The first-order valence-corrected chi connectivity index (χ1v) is 10.3. The third-order valence-corrected chi connectivity index (χ3v) is 5.73. The van der Waals surface area contributed by atoms with Crippen LogP contribution in [-0.4, -0.2) is 47.1 Å². The number of hydrogen-bond donors (Lipinski definition) is 1. The number of aromatic nitrogens is 2. The summed E-state index contributed by atoms with van der Waals surface area (Å²) in [6, 6.07) is 13.4. The molecule has 0 spiro atoms. The molecule has 0 aliphatic carbocycles. The number of halogens is 1. The first-order chi connectivity index (χ1) is 14.1. The molecular weight excluding hydrogens is 388 g/mol. The fraction of sp³-hybridized carbons (Fsp3) is 0.364. The highest BCUT2D eigenvalue weighted by Gasteiger charge is 2.22. The third kappa shape index (κ3) is 4.71. The summed E-state index contributed by atoms with van der Waals surface area (Å²) >= 11 is 6.04. The molecule has 2 heterocycles. The molecule has 1 aliphatic rings. The van der Waals surface area contributed by atoms with Crippen LogP contribution in [0.15, 0.2) is 48.8 Å². The van der Waals surface area contributed by atoms with E-state index in [0.717, 1.165) is 38.0 Å². The van der Waals surface area contributed by atoms with E-state index in [1.54, 1.807) is 25.3 Å². The Morgan fingerprint density at radius 2 is 2.03 bits per heavy atom. The number of para-hydroxylation sites is 2. The maximum absolute atomic E-state index is 12.5. The molecule has 1 aliphatic heterocycles. The molecule has 6 nitrogen and oxygen atoms in total. The fourth-order valence-electron chi connectivity index (χ4n) is 3.93. The largest absolute Gasteiger partial charge is 0.495 e. The highest BCUT2D eigenvalue weighted by molar-refractivity contribution is 6.31. The van der Waals surface area contributed by atoms with Crippen LogP contribution in [0.1, 0.15) is 12.8 Å². The summed E-state index contributed by atoms with van der Waals surface area (Å²) in [5, 5.41) is 3.48. The lowest BCUT2D eigenvalue weighted by atomic mass is 9.96. The summed E-state index contributed by atoms with van der Waals surface area (Å²) in [5.41, 5.74) is 2.83. The summed E-state index contributed by atoms with van der Waals surface area (Å²) in [6.45, 7) is 3.17. The highest BCUT2D eigenvalue weighted by Crippen LogP contribution is 2.28. The van der Waals surface area contributed by atoms with Crippen LogP contribution in [0.3, 0.4) is 0 Å². The number of nitrogens with one attached hydrogen (secondary N) is 1. The van der Waals surface area contributed by atoms with E-state index in [1.807, 2.05) is 18.5 Å². The van der Waals surface area contributed by atoms with Crippen LogP contribution >= 0.6 is 11.6 Å². The number of methoxy groups -OCH3 is 1. The van der Waals surface area contributed by atoms with E-state index in [-0.39, 0.29) is 5.91 Å². The van der Waals surface area contributed by atoms with E-state index in [0.29, 0.717) is 28.9 Å². The van der Waals surface area contributed by atoms with Crippen LogP contribution in [0.25, 0.3) is 11.0 Å². The molecule has 1 N–H and O–H groups in total. The van der Waals surface area contributed by atoms with Crippen molar-refractivity contribution in [3.63, 3.8) is 0 Å². The molecule has 0 bridgehead atoms. The highest BCUT2D eigenvalue weighted by atomic mass is 35.5. The van der Waals surface area contributed by atoms with E-state index in [4.69, 9.17) is 16.3 Å². The number of imidazole rings is 1. The van der Waals surface area contributed by atoms with Gasteiger partial charge in [-0.05, 0) is 62.2 Å². The number of nitrogens with zero attached hydrogens (tertiary/aromatic N) is 3. The molecule has 0 radical (unpaired) electrons. The van der Waals surface area contributed by atoms with Crippen molar-refractivity contribution in [3.05, 3.63) is 53.8 Å². The number of carbonyl (C=O) groups is 1. The number of likely N-dealkylation sites (tertiary alicyclic amines) is 1. The van der Waals surface area contributed by atoms with Gasteiger partial charge in [0.1, 0.15) is 5.75 Å². The predicted molar refractivity (Wildman–Crippen MR) is 116 cm³/mol. The lowest BCUT2D eigenvalue weighted by molar-refractivity contribution is -0.117. The average molecular weight is 413 g/mol. The van der Waals surface area contributed by atoms with Gasteiger partial charge in [-0.2, -0.15) is 0 Å². The molecule has 1 amide bonds. The Morgan fingerprint density at radius 1 is 1.24 bits per heavy atom. The Morgan fingerprint density at radius 3 is 2.83 bits per heavy atom. The smallest absolute Gasteiger partial charge is 0.238 e. The summed E-state index contributed by atoms with van der Waals surface area (Å²) < 4.78 is 7.54. The lowest BCUT2D eigenvalue weighted by Gasteiger charge is -2.31. The van der Waals surface area contributed by atoms with Crippen molar-refractivity contribution >= 4 is 34.2 Å². The van der Waals surface area contributed by atoms with Gasteiger partial charge in [-0.25, -0.2) is 4.98 Å². The average Bonchev–Trinajstić information content (AvgIpc) is 3.12. The molecule has 1 saturated heterocycles. The van der Waals surface area contributed by atoms with Gasteiger partial charge in [0.2, 0.25) is 5.91 Å². The van der Waals surface area contributed by atoms with E-state index in [2.05, 4.69) is 31.9 Å². The molecule has 0 saturated carbocycles. The zero-order chi connectivity index (χ0) is 20.2. The second-order valence-electron chi connectivity index (χ2n) is 7.50. The minimum Gasteiger partial charge on any atom is -0.495 e. The summed E-state index contributed by atoms with van der Waals surface area (Å²) in [7, 11) is 1.58. The van der Waals surface area contributed by atoms with Gasteiger partial charge >= 0.3 is 0 Å². The number of hydrogen-bond acceptors (Lipinski definition) is 4. The van der Waals surface area contributed by atoms with E-state index in [9.17, 15) is 4.79 Å². The molecule has 1 fully saturated rings. The molecule has 2 aromatic carbocycles.